The van der Waals surface area contributed by atoms with Crippen molar-refractivity contribution in [2.24, 2.45) is 0 Å². The van der Waals surface area contributed by atoms with Crippen LogP contribution >= 0.6 is 0 Å². The molecule has 0 atom stereocenters. The molecule has 0 unspecified atom stereocenters. The van der Waals surface area contributed by atoms with E-state index < -0.39 is 0 Å². The number of hydrogen-bond donors (Lipinski definition) is 2. The molecule has 0 aliphatic rings. The Morgan fingerprint density at radius 1 is 1.40 bits per heavy atom. The first-order valence-electron chi connectivity index (χ1n) is 6.66. The number of benzene rings is 1. The predicted octanol–water partition coefficient (Wildman–Crippen LogP) is 1.99. The first kappa shape index (κ1) is 14.1. The molecule has 0 aliphatic carbocycles. The van der Waals surface area contributed by atoms with Gasteiger partial charge in [0.2, 0.25) is 0 Å². The molecule has 1 aromatic carbocycles. The standard InChI is InChI=1S/C15H20N4O/c1-5-12-9(2)18-19(10(12)3)14-7-6-11(8-13(14)16)15(20)17-4/h6-8H,5,16H2,1-4H3,(H,17,20). The van der Waals surface area contributed by atoms with Crippen LogP contribution in [-0.2, 0) is 6.42 Å². The lowest BCUT2D eigenvalue weighted by molar-refractivity contribution is 0.0963. The number of rotatable bonds is 3. The van der Waals surface area contributed by atoms with Crippen LogP contribution in [0.4, 0.5) is 5.69 Å². The molecule has 0 saturated carbocycles. The van der Waals surface area contributed by atoms with Crippen molar-refractivity contribution in [2.75, 3.05) is 12.8 Å². The van der Waals surface area contributed by atoms with Crippen LogP contribution in [0.5, 0.6) is 0 Å². The highest BCUT2D eigenvalue weighted by Crippen LogP contribution is 2.23. The second-order valence-corrected chi connectivity index (χ2v) is 4.77. The predicted molar refractivity (Wildman–Crippen MR) is 80.2 cm³/mol. The van der Waals surface area contributed by atoms with Crippen LogP contribution in [0.1, 0.15) is 34.2 Å². The molecule has 3 N–H and O–H groups in total. The molecular weight excluding hydrogens is 252 g/mol. The van der Waals surface area contributed by atoms with Gasteiger partial charge < -0.3 is 11.1 Å². The molecule has 106 valence electrons. The molecule has 0 spiro atoms. The Morgan fingerprint density at radius 2 is 2.10 bits per heavy atom. The molecule has 1 amide bonds. The molecule has 1 aromatic heterocycles. The minimum atomic E-state index is -0.147. The second-order valence-electron chi connectivity index (χ2n) is 4.77. The van der Waals surface area contributed by atoms with Crippen molar-refractivity contribution >= 4 is 11.6 Å². The van der Waals surface area contributed by atoms with E-state index in [0.717, 1.165) is 23.5 Å². The number of aromatic nitrogens is 2. The minimum absolute atomic E-state index is 0.147. The zero-order valence-electron chi connectivity index (χ0n) is 12.3. The van der Waals surface area contributed by atoms with Crippen LogP contribution in [0, 0.1) is 13.8 Å². The number of nitrogens with one attached hydrogen (secondary N) is 1. The third-order valence-electron chi connectivity index (χ3n) is 3.54. The van der Waals surface area contributed by atoms with Gasteiger partial charge in [-0.05, 0) is 44.0 Å². The van der Waals surface area contributed by atoms with Crippen LogP contribution in [0.15, 0.2) is 18.2 Å². The van der Waals surface area contributed by atoms with Crippen molar-refractivity contribution in [3.8, 4) is 5.69 Å². The summed E-state index contributed by atoms with van der Waals surface area (Å²) < 4.78 is 1.84. The molecule has 2 rings (SSSR count). The molecular formula is C15H20N4O. The Kier molecular flexibility index (Phi) is 3.79. The SMILES string of the molecule is CCc1c(C)nn(-c2ccc(C(=O)NC)cc2N)c1C. The van der Waals surface area contributed by atoms with Gasteiger partial charge in [0.15, 0.2) is 0 Å². The summed E-state index contributed by atoms with van der Waals surface area (Å²) in [5.74, 6) is -0.147. The molecule has 0 saturated heterocycles. The Labute approximate surface area is 118 Å². The van der Waals surface area contributed by atoms with Crippen molar-refractivity contribution in [3.05, 3.63) is 40.7 Å². The van der Waals surface area contributed by atoms with E-state index in [-0.39, 0.29) is 5.91 Å². The summed E-state index contributed by atoms with van der Waals surface area (Å²) in [5.41, 5.74) is 11.3. The maximum atomic E-state index is 11.6. The van der Waals surface area contributed by atoms with Gasteiger partial charge in [-0.2, -0.15) is 5.10 Å². The van der Waals surface area contributed by atoms with Gasteiger partial charge in [-0.3, -0.25) is 4.79 Å². The average molecular weight is 272 g/mol. The Balaban J connectivity index is 2.51. The van der Waals surface area contributed by atoms with Crippen LogP contribution in [0.25, 0.3) is 5.69 Å². The summed E-state index contributed by atoms with van der Waals surface area (Å²) in [6.07, 6.45) is 0.938. The molecule has 5 nitrogen and oxygen atoms in total. The summed E-state index contributed by atoms with van der Waals surface area (Å²) in [5, 5.41) is 7.13. The highest BCUT2D eigenvalue weighted by Gasteiger charge is 2.14. The molecule has 0 bridgehead atoms. The van der Waals surface area contributed by atoms with Gasteiger partial charge in [0.05, 0.1) is 17.1 Å². The van der Waals surface area contributed by atoms with Gasteiger partial charge in [-0.1, -0.05) is 6.92 Å². The smallest absolute Gasteiger partial charge is 0.251 e. The van der Waals surface area contributed by atoms with Crippen molar-refractivity contribution < 1.29 is 4.79 Å². The molecule has 1 heterocycles. The van der Waals surface area contributed by atoms with Gasteiger partial charge in [-0.25, -0.2) is 4.68 Å². The molecule has 0 fully saturated rings. The first-order chi connectivity index (χ1) is 9.49. The van der Waals surface area contributed by atoms with Gasteiger partial charge >= 0.3 is 0 Å². The van der Waals surface area contributed by atoms with E-state index in [2.05, 4.69) is 17.3 Å². The first-order valence-corrected chi connectivity index (χ1v) is 6.66. The highest BCUT2D eigenvalue weighted by molar-refractivity contribution is 5.95. The van der Waals surface area contributed by atoms with Crippen LogP contribution in [0.3, 0.4) is 0 Å². The van der Waals surface area contributed by atoms with Gasteiger partial charge in [0, 0.05) is 18.3 Å². The van der Waals surface area contributed by atoms with Crippen molar-refractivity contribution in [2.45, 2.75) is 27.2 Å². The lowest BCUT2D eigenvalue weighted by Crippen LogP contribution is -2.18. The lowest BCUT2D eigenvalue weighted by Gasteiger charge is -2.10. The zero-order chi connectivity index (χ0) is 14.9. The van der Waals surface area contributed by atoms with E-state index in [9.17, 15) is 4.79 Å². The van der Waals surface area contributed by atoms with Gasteiger partial charge in [-0.15, -0.1) is 0 Å². The summed E-state index contributed by atoms with van der Waals surface area (Å²) in [4.78, 5) is 11.6. The number of nitrogens with zero attached hydrogens (tertiary/aromatic N) is 2. The topological polar surface area (TPSA) is 72.9 Å². The number of hydrogen-bond acceptors (Lipinski definition) is 3. The fourth-order valence-electron chi connectivity index (χ4n) is 2.45. The molecule has 0 aliphatic heterocycles. The van der Waals surface area contributed by atoms with Crippen molar-refractivity contribution in [3.63, 3.8) is 0 Å². The van der Waals surface area contributed by atoms with Gasteiger partial charge in [0.25, 0.3) is 5.91 Å². The van der Waals surface area contributed by atoms with E-state index in [4.69, 9.17) is 5.73 Å². The van der Waals surface area contributed by atoms with Crippen LogP contribution in [0.2, 0.25) is 0 Å². The Hall–Kier alpha value is -2.30. The minimum Gasteiger partial charge on any atom is -0.397 e. The number of anilines is 1. The highest BCUT2D eigenvalue weighted by atomic mass is 16.1. The Morgan fingerprint density at radius 3 is 2.60 bits per heavy atom. The monoisotopic (exact) mass is 272 g/mol. The normalized spacial score (nSPS) is 10.6. The molecule has 5 heteroatoms. The summed E-state index contributed by atoms with van der Waals surface area (Å²) in [7, 11) is 1.60. The molecule has 20 heavy (non-hydrogen) atoms. The lowest BCUT2D eigenvalue weighted by atomic mass is 10.1. The zero-order valence-corrected chi connectivity index (χ0v) is 12.3. The van der Waals surface area contributed by atoms with E-state index in [1.165, 1.54) is 5.56 Å². The van der Waals surface area contributed by atoms with E-state index >= 15 is 0 Å². The maximum absolute atomic E-state index is 11.6. The number of nitrogens with two attached hydrogens (primary N) is 1. The summed E-state index contributed by atoms with van der Waals surface area (Å²) >= 11 is 0. The maximum Gasteiger partial charge on any atom is 0.251 e. The number of amides is 1. The quantitative estimate of drug-likeness (QED) is 0.839. The van der Waals surface area contributed by atoms with Crippen LogP contribution < -0.4 is 11.1 Å². The van der Waals surface area contributed by atoms with E-state index in [0.29, 0.717) is 11.3 Å². The van der Waals surface area contributed by atoms with Crippen molar-refractivity contribution in [1.29, 1.82) is 0 Å². The number of carbonyl (C=O) groups is 1. The number of carbonyl (C=O) groups excluding carboxylic acids is 1. The van der Waals surface area contributed by atoms with E-state index in [1.807, 2.05) is 24.6 Å². The van der Waals surface area contributed by atoms with Crippen LogP contribution in [-0.4, -0.2) is 22.7 Å². The van der Waals surface area contributed by atoms with Crippen molar-refractivity contribution in [1.82, 2.24) is 15.1 Å². The molecule has 2 aromatic rings. The second kappa shape index (κ2) is 5.36. The number of nitrogen functional groups attached to an aromatic ring is 1. The average Bonchev–Trinajstić information content (AvgIpc) is 2.72. The van der Waals surface area contributed by atoms with E-state index in [1.54, 1.807) is 19.2 Å². The molecule has 0 radical (unpaired) electrons. The fraction of sp³-hybridized carbons (Fsp3) is 0.333. The fourth-order valence-corrected chi connectivity index (χ4v) is 2.45. The summed E-state index contributed by atoms with van der Waals surface area (Å²) in [6.45, 7) is 6.14. The number of aryl methyl sites for hydroxylation is 1. The third kappa shape index (κ3) is 2.27. The van der Waals surface area contributed by atoms with Gasteiger partial charge in [0.1, 0.15) is 0 Å². The Bertz CT molecular complexity index is 658. The summed E-state index contributed by atoms with van der Waals surface area (Å²) in [6, 6.07) is 5.27. The third-order valence-corrected chi connectivity index (χ3v) is 3.54. The largest absolute Gasteiger partial charge is 0.397 e.